The van der Waals surface area contributed by atoms with Gasteiger partial charge < -0.3 is 0 Å². The summed E-state index contributed by atoms with van der Waals surface area (Å²) in [5, 5.41) is 4.75. The van der Waals surface area contributed by atoms with E-state index in [9.17, 15) is 0 Å². The zero-order valence-electron chi connectivity index (χ0n) is 14.9. The van der Waals surface area contributed by atoms with Gasteiger partial charge in [-0.05, 0) is 41.3 Å². The van der Waals surface area contributed by atoms with Gasteiger partial charge in [-0.15, -0.1) is 31.8 Å². The first-order valence-electron chi connectivity index (χ1n) is 9.38. The zero-order chi connectivity index (χ0) is 18.2. The van der Waals surface area contributed by atoms with Crippen LogP contribution in [0.25, 0.3) is 31.6 Å². The van der Waals surface area contributed by atoms with Crippen molar-refractivity contribution in [2.75, 3.05) is 0 Å². The molecule has 3 nitrogen and oxygen atoms in total. The molecule has 6 heterocycles. The van der Waals surface area contributed by atoms with E-state index in [1.807, 2.05) is 11.3 Å². The van der Waals surface area contributed by atoms with Crippen molar-refractivity contribution in [1.82, 2.24) is 0 Å². The van der Waals surface area contributed by atoms with Gasteiger partial charge in [0.05, 0.1) is 22.2 Å². The van der Waals surface area contributed by atoms with Crippen LogP contribution in [-0.2, 0) is 13.1 Å². The molecule has 0 aliphatic carbocycles. The molecule has 0 atom stereocenters. The molecule has 28 heavy (non-hydrogen) atoms. The number of pyridine rings is 2. The number of rotatable bonds is 2. The molecule has 5 aromatic rings. The molecule has 0 N–H and O–H groups in total. The van der Waals surface area contributed by atoms with Crippen molar-refractivity contribution in [3.8, 4) is 9.75 Å². The van der Waals surface area contributed by atoms with E-state index in [4.69, 9.17) is 4.99 Å². The molecule has 2 aliphatic heterocycles. The van der Waals surface area contributed by atoms with E-state index < -0.39 is 0 Å². The lowest BCUT2D eigenvalue weighted by Crippen LogP contribution is -2.45. The topological polar surface area (TPSA) is 20.1 Å². The third-order valence-corrected chi connectivity index (χ3v) is 7.98. The molecule has 2 aliphatic rings. The van der Waals surface area contributed by atoms with Crippen molar-refractivity contribution in [3.63, 3.8) is 0 Å². The van der Waals surface area contributed by atoms with Crippen LogP contribution in [0, 0.1) is 0 Å². The maximum Gasteiger partial charge on any atom is 0.345 e. The molecule has 5 heteroatoms. The average Bonchev–Trinajstić information content (AvgIpc) is 3.52. The van der Waals surface area contributed by atoms with Crippen LogP contribution in [-0.4, -0.2) is 5.71 Å². The van der Waals surface area contributed by atoms with Crippen molar-refractivity contribution in [2.45, 2.75) is 13.1 Å². The Hall–Kier alpha value is -2.89. The first-order valence-corrected chi connectivity index (χ1v) is 11.1. The van der Waals surface area contributed by atoms with Gasteiger partial charge in [0.25, 0.3) is 11.0 Å². The van der Waals surface area contributed by atoms with Crippen LogP contribution in [0.1, 0.15) is 10.4 Å². The van der Waals surface area contributed by atoms with E-state index in [-0.39, 0.29) is 0 Å². The summed E-state index contributed by atoms with van der Waals surface area (Å²) in [6.07, 6.45) is 5.27. The van der Waals surface area contributed by atoms with Crippen LogP contribution in [0.5, 0.6) is 0 Å². The van der Waals surface area contributed by atoms with Gasteiger partial charge in [-0.1, -0.05) is 6.07 Å². The third-order valence-electron chi connectivity index (χ3n) is 5.78. The molecular weight excluding hydrogens is 382 g/mol. The van der Waals surface area contributed by atoms with Gasteiger partial charge in [0.2, 0.25) is 0 Å². The number of hydrogen-bond acceptors (Lipinski definition) is 3. The van der Waals surface area contributed by atoms with Crippen LogP contribution in [0.4, 0.5) is 5.69 Å². The molecule has 132 valence electrons. The van der Waals surface area contributed by atoms with Crippen molar-refractivity contribution < 1.29 is 9.13 Å². The van der Waals surface area contributed by atoms with Crippen LogP contribution in [0.2, 0.25) is 0 Å². The second-order valence-electron chi connectivity index (χ2n) is 7.33. The van der Waals surface area contributed by atoms with E-state index >= 15 is 0 Å². The number of aromatic nitrogens is 2. The van der Waals surface area contributed by atoms with E-state index in [2.05, 4.69) is 75.4 Å². The fraction of sp³-hybridized carbons (Fsp3) is 0.0870. The molecule has 1 aromatic carbocycles. The lowest BCUT2D eigenvalue weighted by atomic mass is 9.99. The second-order valence-corrected chi connectivity index (χ2v) is 9.36. The predicted octanol–water partition coefficient (Wildman–Crippen LogP) is 4.85. The molecule has 0 saturated carbocycles. The van der Waals surface area contributed by atoms with E-state index in [0.29, 0.717) is 0 Å². The Morgan fingerprint density at radius 2 is 1.57 bits per heavy atom. The highest BCUT2D eigenvalue weighted by atomic mass is 32.1. The van der Waals surface area contributed by atoms with E-state index in [0.717, 1.165) is 18.8 Å². The highest BCUT2D eigenvalue weighted by Gasteiger charge is 2.36. The number of aliphatic imine (C=N–C) groups is 1. The van der Waals surface area contributed by atoms with Crippen LogP contribution < -0.4 is 9.13 Å². The summed E-state index contributed by atoms with van der Waals surface area (Å²) < 4.78 is 4.70. The molecule has 7 rings (SSSR count). The fourth-order valence-corrected chi connectivity index (χ4v) is 6.42. The minimum atomic E-state index is 0.887. The Morgan fingerprint density at radius 3 is 2.39 bits per heavy atom. The van der Waals surface area contributed by atoms with Crippen LogP contribution in [0.3, 0.4) is 0 Å². The summed E-state index contributed by atoms with van der Waals surface area (Å²) in [6, 6.07) is 17.6. The van der Waals surface area contributed by atoms with Crippen molar-refractivity contribution in [1.29, 1.82) is 0 Å². The van der Waals surface area contributed by atoms with Crippen molar-refractivity contribution >= 4 is 55.9 Å². The van der Waals surface area contributed by atoms with Crippen molar-refractivity contribution in [2.24, 2.45) is 4.99 Å². The van der Waals surface area contributed by atoms with E-state index in [1.165, 1.54) is 47.7 Å². The summed E-state index contributed by atoms with van der Waals surface area (Å²) in [5.41, 5.74) is 6.39. The Bertz CT molecular complexity index is 1460. The minimum absolute atomic E-state index is 0.887. The average molecular weight is 398 g/mol. The van der Waals surface area contributed by atoms with Gasteiger partial charge in [0.1, 0.15) is 0 Å². The molecule has 4 aromatic heterocycles. The third kappa shape index (κ3) is 1.90. The molecule has 0 saturated heterocycles. The highest BCUT2D eigenvalue weighted by Crippen LogP contribution is 2.42. The Labute approximate surface area is 169 Å². The maximum absolute atomic E-state index is 5.17. The SMILES string of the molecule is c1csc(-c2ccc(C3=Nc4c(c5ccc[n+]6c5c5c4ccc[n+]5C6)C3)s2)c1. The summed E-state index contributed by atoms with van der Waals surface area (Å²) in [5.74, 6) is 0. The van der Waals surface area contributed by atoms with Gasteiger partial charge in [-0.25, -0.2) is 0 Å². The fourth-order valence-electron chi connectivity index (χ4n) is 4.59. The Morgan fingerprint density at radius 1 is 0.786 bits per heavy atom. The van der Waals surface area contributed by atoms with Crippen molar-refractivity contribution in [3.05, 3.63) is 76.7 Å². The quantitative estimate of drug-likeness (QED) is 0.294. The van der Waals surface area contributed by atoms with E-state index in [1.54, 1.807) is 11.3 Å². The number of thiophene rings is 2. The molecule has 0 unspecified atom stereocenters. The second kappa shape index (κ2) is 5.34. The molecule has 0 amide bonds. The van der Waals surface area contributed by atoms with Crippen LogP contribution >= 0.6 is 22.7 Å². The summed E-state index contributed by atoms with van der Waals surface area (Å²) in [4.78, 5) is 9.11. The lowest BCUT2D eigenvalue weighted by Gasteiger charge is -2.01. The van der Waals surface area contributed by atoms with Gasteiger partial charge in [0, 0.05) is 33.2 Å². The highest BCUT2D eigenvalue weighted by molar-refractivity contribution is 7.22. The smallest absolute Gasteiger partial charge is 0.250 e. The minimum Gasteiger partial charge on any atom is -0.250 e. The summed E-state index contributed by atoms with van der Waals surface area (Å²) >= 11 is 3.65. The molecule has 0 fully saturated rings. The number of nitrogens with zero attached hydrogens (tertiary/aromatic N) is 3. The standard InChI is InChI=1S/C23H15N3S2/c1-4-14-16-12-17(18-7-8-20(28-18)19-6-3-11-27-19)24-21(16)15-5-2-10-26-13-25(9-1)22(14)23(15)26/h1-11H,12-13H2/q+2. The molecular formula is C23H15N3S2+2. The monoisotopic (exact) mass is 397 g/mol. The van der Waals surface area contributed by atoms with Crippen LogP contribution in [0.15, 0.2) is 71.3 Å². The van der Waals surface area contributed by atoms with Gasteiger partial charge in [0.15, 0.2) is 12.4 Å². The first kappa shape index (κ1) is 15.1. The predicted molar refractivity (Wildman–Crippen MR) is 115 cm³/mol. The largest absolute Gasteiger partial charge is 0.345 e. The molecule has 0 radical (unpaired) electrons. The van der Waals surface area contributed by atoms with Gasteiger partial charge >= 0.3 is 6.67 Å². The number of fused-ring (bicyclic) bond motifs is 3. The first-order chi connectivity index (χ1) is 13.9. The normalized spacial score (nSPS) is 14.4. The Kier molecular flexibility index (Phi) is 2.88. The van der Waals surface area contributed by atoms with Gasteiger partial charge in [-0.2, -0.15) is 0 Å². The van der Waals surface area contributed by atoms with Gasteiger partial charge in [-0.3, -0.25) is 4.99 Å². The molecule has 0 spiro atoms. The zero-order valence-corrected chi connectivity index (χ0v) is 16.6. The lowest BCUT2D eigenvalue weighted by molar-refractivity contribution is -0.872. The number of hydrogen-bond donors (Lipinski definition) is 0. The Balaban J connectivity index is 1.45. The number of benzene rings is 1. The molecule has 0 bridgehead atoms. The summed E-state index contributed by atoms with van der Waals surface area (Å²) in [6.45, 7) is 0.887. The maximum atomic E-state index is 5.17. The summed E-state index contributed by atoms with van der Waals surface area (Å²) in [7, 11) is 0.